The van der Waals surface area contributed by atoms with Crippen LogP contribution in [-0.4, -0.2) is 45.4 Å². The molecule has 3 heterocycles. The van der Waals surface area contributed by atoms with Crippen LogP contribution < -0.4 is 11.3 Å². The van der Waals surface area contributed by atoms with Gasteiger partial charge in [0.05, 0.1) is 6.61 Å². The molecule has 1 aromatic rings. The van der Waals surface area contributed by atoms with Crippen molar-refractivity contribution in [2.45, 2.75) is 50.7 Å². The van der Waals surface area contributed by atoms with Gasteiger partial charge in [0.1, 0.15) is 18.3 Å². The van der Waals surface area contributed by atoms with Gasteiger partial charge in [-0.1, -0.05) is 0 Å². The molecule has 0 radical (unpaired) electrons. The van der Waals surface area contributed by atoms with Gasteiger partial charge in [-0.05, 0) is 26.1 Å². The summed E-state index contributed by atoms with van der Waals surface area (Å²) >= 11 is 5.20. The summed E-state index contributed by atoms with van der Waals surface area (Å²) in [6.07, 6.45) is -0.391. The summed E-state index contributed by atoms with van der Waals surface area (Å²) in [7, 11) is 0. The van der Waals surface area contributed by atoms with Gasteiger partial charge >= 0.3 is 0 Å². The van der Waals surface area contributed by atoms with Crippen molar-refractivity contribution >= 4 is 12.2 Å². The van der Waals surface area contributed by atoms with E-state index in [2.05, 4.69) is 4.98 Å². The highest BCUT2D eigenvalue weighted by Gasteiger charge is 2.55. The molecule has 2 aliphatic heterocycles. The van der Waals surface area contributed by atoms with E-state index in [9.17, 15) is 9.90 Å². The molecule has 0 aromatic carbocycles. The first-order chi connectivity index (χ1) is 10.4. The molecule has 3 rings (SSSR count). The van der Waals surface area contributed by atoms with Crippen LogP contribution in [0.4, 0.5) is 0 Å². The van der Waals surface area contributed by atoms with Crippen molar-refractivity contribution < 1.29 is 19.3 Å². The third-order valence-electron chi connectivity index (χ3n) is 3.84. The van der Waals surface area contributed by atoms with Crippen molar-refractivity contribution in [3.63, 3.8) is 0 Å². The van der Waals surface area contributed by atoms with Gasteiger partial charge in [0.2, 0.25) is 0 Å². The van der Waals surface area contributed by atoms with Crippen LogP contribution in [0.25, 0.3) is 0 Å². The molecule has 4 N–H and O–H groups in total. The summed E-state index contributed by atoms with van der Waals surface area (Å²) < 4.78 is 19.3. The quantitative estimate of drug-likeness (QED) is 0.657. The lowest BCUT2D eigenvalue weighted by Gasteiger charge is -2.25. The average molecular weight is 329 g/mol. The van der Waals surface area contributed by atoms with Crippen LogP contribution in [0.5, 0.6) is 0 Å². The number of nitrogens with one attached hydrogen (secondary N) is 1. The van der Waals surface area contributed by atoms with Crippen LogP contribution in [0.2, 0.25) is 0 Å². The van der Waals surface area contributed by atoms with E-state index in [1.165, 1.54) is 0 Å². The number of nitrogens with zero attached hydrogens (tertiary/aromatic N) is 1. The molecule has 2 saturated heterocycles. The van der Waals surface area contributed by atoms with Crippen molar-refractivity contribution in [3.05, 3.63) is 26.9 Å². The van der Waals surface area contributed by atoms with Crippen LogP contribution in [0.3, 0.4) is 0 Å². The van der Waals surface area contributed by atoms with Crippen LogP contribution in [0.15, 0.2) is 11.0 Å². The first-order valence-corrected chi connectivity index (χ1v) is 7.43. The van der Waals surface area contributed by atoms with Crippen molar-refractivity contribution in [1.29, 1.82) is 0 Å². The molecule has 0 spiro atoms. The number of hydrogen-bond acceptors (Lipinski definition) is 7. The number of fused-ring (bicyclic) bond motifs is 1. The molecule has 0 saturated carbocycles. The second kappa shape index (κ2) is 5.52. The fourth-order valence-corrected chi connectivity index (χ4v) is 3.14. The Kier molecular flexibility index (Phi) is 3.96. The maximum atomic E-state index is 11.7. The van der Waals surface area contributed by atoms with Gasteiger partial charge in [-0.3, -0.25) is 14.3 Å². The van der Waals surface area contributed by atoms with E-state index in [0.717, 1.165) is 0 Å². The van der Waals surface area contributed by atoms with Gasteiger partial charge in [-0.15, -0.1) is 0 Å². The zero-order valence-corrected chi connectivity index (χ0v) is 13.1. The number of hydrogen-bond donors (Lipinski definition) is 3. The summed E-state index contributed by atoms with van der Waals surface area (Å²) in [5, 5.41) is 9.49. The number of H-pyrrole nitrogens is 1. The predicted octanol–water partition coefficient (Wildman–Crippen LogP) is -0.226. The highest BCUT2D eigenvalue weighted by molar-refractivity contribution is 7.71. The minimum atomic E-state index is -0.772. The van der Waals surface area contributed by atoms with E-state index in [0.29, 0.717) is 5.56 Å². The predicted molar refractivity (Wildman–Crippen MR) is 78.6 cm³/mol. The van der Waals surface area contributed by atoms with Gasteiger partial charge in [-0.25, -0.2) is 0 Å². The highest BCUT2D eigenvalue weighted by Crippen LogP contribution is 2.42. The number of aliphatic hydroxyl groups is 1. The maximum absolute atomic E-state index is 11.7. The van der Waals surface area contributed by atoms with Gasteiger partial charge < -0.3 is 25.1 Å². The molecule has 0 amide bonds. The van der Waals surface area contributed by atoms with Crippen LogP contribution in [0.1, 0.15) is 25.6 Å². The van der Waals surface area contributed by atoms with Crippen molar-refractivity contribution in [2.24, 2.45) is 5.73 Å². The SMILES string of the molecule is CC1(C)OC2C(CO)OC(n3cc(CN)c(=O)[nH]c3=S)C2O1. The molecule has 22 heavy (non-hydrogen) atoms. The number of nitrogens with two attached hydrogens (primary N) is 1. The zero-order valence-electron chi connectivity index (χ0n) is 12.3. The Morgan fingerprint density at radius 2 is 2.14 bits per heavy atom. The Labute approximate surface area is 131 Å². The fourth-order valence-electron chi connectivity index (χ4n) is 2.89. The Morgan fingerprint density at radius 1 is 1.45 bits per heavy atom. The minimum absolute atomic E-state index is 0.0814. The first kappa shape index (κ1) is 15.8. The van der Waals surface area contributed by atoms with E-state index in [1.807, 2.05) is 0 Å². The lowest BCUT2D eigenvalue weighted by Crippen LogP contribution is -2.31. The summed E-state index contributed by atoms with van der Waals surface area (Å²) in [5.41, 5.74) is 5.64. The van der Waals surface area contributed by atoms with Crippen molar-refractivity contribution in [1.82, 2.24) is 9.55 Å². The third kappa shape index (κ3) is 2.53. The highest BCUT2D eigenvalue weighted by atomic mass is 32.1. The second-order valence-electron chi connectivity index (χ2n) is 5.84. The Morgan fingerprint density at radius 3 is 2.77 bits per heavy atom. The maximum Gasteiger partial charge on any atom is 0.256 e. The van der Waals surface area contributed by atoms with Crippen LogP contribution in [-0.2, 0) is 20.8 Å². The molecule has 9 heteroatoms. The Bertz CT molecular complexity index is 685. The smallest absolute Gasteiger partial charge is 0.256 e. The lowest BCUT2D eigenvalue weighted by atomic mass is 10.1. The average Bonchev–Trinajstić information content (AvgIpc) is 2.92. The van der Waals surface area contributed by atoms with E-state index in [-0.39, 0.29) is 23.5 Å². The van der Waals surface area contributed by atoms with E-state index >= 15 is 0 Å². The number of aromatic amines is 1. The molecule has 1 aromatic heterocycles. The summed E-state index contributed by atoms with van der Waals surface area (Å²) in [4.78, 5) is 14.3. The zero-order chi connectivity index (χ0) is 16.1. The van der Waals surface area contributed by atoms with E-state index in [1.54, 1.807) is 24.6 Å². The molecule has 4 unspecified atom stereocenters. The molecule has 8 nitrogen and oxygen atoms in total. The van der Waals surface area contributed by atoms with Crippen molar-refractivity contribution in [2.75, 3.05) is 6.61 Å². The molecule has 0 aliphatic carbocycles. The minimum Gasteiger partial charge on any atom is -0.394 e. The van der Waals surface area contributed by atoms with E-state index < -0.39 is 30.3 Å². The van der Waals surface area contributed by atoms with E-state index in [4.69, 9.17) is 32.2 Å². The standard InChI is InChI=1S/C13H19N3O5S/c1-13(2)20-8-7(5-17)19-11(9(8)21-13)16-4-6(3-14)10(18)15-12(16)22/h4,7-9,11,17H,3,5,14H2,1-2H3,(H,15,18,22). The molecule has 2 fully saturated rings. The topological polar surface area (TPSA) is 112 Å². The summed E-state index contributed by atoms with van der Waals surface area (Å²) in [5.74, 6) is -0.772. The third-order valence-corrected chi connectivity index (χ3v) is 4.15. The first-order valence-electron chi connectivity index (χ1n) is 7.02. The summed E-state index contributed by atoms with van der Waals surface area (Å²) in [6, 6.07) is 0. The largest absolute Gasteiger partial charge is 0.394 e. The molecule has 122 valence electrons. The number of rotatable bonds is 3. The number of aliphatic hydroxyl groups excluding tert-OH is 1. The Hall–Kier alpha value is -1.10. The lowest BCUT2D eigenvalue weighted by molar-refractivity contribution is -0.200. The molecule has 2 aliphatic rings. The van der Waals surface area contributed by atoms with Gasteiger partial charge in [0.15, 0.2) is 16.8 Å². The van der Waals surface area contributed by atoms with Gasteiger partial charge in [-0.2, -0.15) is 0 Å². The molecule has 0 bridgehead atoms. The fraction of sp³-hybridized carbons (Fsp3) is 0.692. The monoisotopic (exact) mass is 329 g/mol. The normalized spacial score (nSPS) is 33.1. The second-order valence-corrected chi connectivity index (χ2v) is 6.22. The number of ether oxygens (including phenoxy) is 3. The van der Waals surface area contributed by atoms with Gasteiger partial charge in [0.25, 0.3) is 5.56 Å². The summed E-state index contributed by atoms with van der Waals surface area (Å²) in [6.45, 7) is 3.48. The van der Waals surface area contributed by atoms with Crippen LogP contribution >= 0.6 is 12.2 Å². The molecule has 4 atom stereocenters. The Balaban J connectivity index is 2.02. The molecular formula is C13H19N3O5S. The van der Waals surface area contributed by atoms with Crippen molar-refractivity contribution in [3.8, 4) is 0 Å². The van der Waals surface area contributed by atoms with Crippen LogP contribution in [0, 0.1) is 4.77 Å². The molecular weight excluding hydrogens is 310 g/mol. The van der Waals surface area contributed by atoms with Gasteiger partial charge in [0, 0.05) is 18.3 Å². The number of aromatic nitrogens is 2.